The van der Waals surface area contributed by atoms with Crippen LogP contribution in [0.15, 0.2) is 53.1 Å². The molecule has 0 unspecified atom stereocenters. The van der Waals surface area contributed by atoms with E-state index in [0.29, 0.717) is 37.8 Å². The number of anilines is 1. The van der Waals surface area contributed by atoms with Crippen LogP contribution in [0.3, 0.4) is 0 Å². The van der Waals surface area contributed by atoms with Crippen molar-refractivity contribution in [2.45, 2.75) is 34.7 Å². The summed E-state index contributed by atoms with van der Waals surface area (Å²) in [4.78, 5) is 13.8. The molecule has 1 aliphatic heterocycles. The second-order valence-electron chi connectivity index (χ2n) is 7.89. The molecule has 0 radical (unpaired) electrons. The first-order valence-corrected chi connectivity index (χ1v) is 13.0. The van der Waals surface area contributed by atoms with Gasteiger partial charge in [0.1, 0.15) is 46.9 Å². The van der Waals surface area contributed by atoms with Gasteiger partial charge in [-0.05, 0) is 18.2 Å². The first kappa shape index (κ1) is 25.0. The molecule has 5 atom stereocenters. The number of aliphatic hydroxyl groups is 2. The summed E-state index contributed by atoms with van der Waals surface area (Å²) in [5, 5.41) is 32.1. The minimum absolute atomic E-state index is 0.407. The number of nitrogen functional groups attached to an aromatic ring is 1. The average Bonchev–Trinajstić information content (AvgIpc) is 3.54. The number of thiazole rings is 1. The van der Waals surface area contributed by atoms with Crippen LogP contribution in [0.1, 0.15) is 6.04 Å². The molecule has 36 heavy (non-hydrogen) atoms. The summed E-state index contributed by atoms with van der Waals surface area (Å²) in [6, 6.07) is 6.59. The minimum atomic E-state index is -1.13. The van der Waals surface area contributed by atoms with E-state index in [1.807, 2.05) is 18.2 Å². The summed E-state index contributed by atoms with van der Waals surface area (Å²) in [6.45, 7) is -0.407. The van der Waals surface area contributed by atoms with Crippen molar-refractivity contribution < 1.29 is 19.7 Å². The molecular weight excluding hydrogens is 526 g/mol. The van der Waals surface area contributed by atoms with Crippen LogP contribution in [-0.2, 0) is 9.47 Å². The smallest absolute Gasteiger partial charge is 0.180 e. The normalized spacial score (nSPS) is 24.2. The number of rotatable bonds is 7. The van der Waals surface area contributed by atoms with Gasteiger partial charge in [0.05, 0.1) is 23.5 Å². The summed E-state index contributed by atoms with van der Waals surface area (Å²) in [7, 11) is 1.52. The van der Waals surface area contributed by atoms with Crippen molar-refractivity contribution in [3.63, 3.8) is 0 Å². The molecule has 0 aromatic carbocycles. The molecule has 1 saturated heterocycles. The number of nitrogens with two attached hydrogens (primary N) is 1. The Balaban J connectivity index is 1.49. The Kier molecular flexibility index (Phi) is 7.48. The lowest BCUT2D eigenvalue weighted by atomic mass is 9.97. The highest BCUT2D eigenvalue weighted by molar-refractivity contribution is 8.00. The standard InChI is InChI=1S/C22H22ClN7O4S2/c1-33-20-18(30-8-13(28-29-30)14-10-35-22(24)27-14)19(32)15(9-31)34-21(20)36-16-6-11(23)7-26-17(16)12-4-2-3-5-25-12/h2-8,10,15,18-21,31-32H,9H2,1H3,(H2,24,27)/t15-,18+,19+,20-,21-/m1/s1. The van der Waals surface area contributed by atoms with E-state index in [1.54, 1.807) is 30.0 Å². The highest BCUT2D eigenvalue weighted by atomic mass is 35.5. The Hall–Kier alpha value is -2.65. The van der Waals surface area contributed by atoms with Gasteiger partial charge < -0.3 is 25.4 Å². The zero-order chi connectivity index (χ0) is 25.2. The summed E-state index contributed by atoms with van der Waals surface area (Å²) in [5.74, 6) is 0. The lowest BCUT2D eigenvalue weighted by Gasteiger charge is -2.43. The number of nitrogens with zero attached hydrogens (tertiary/aromatic N) is 6. The van der Waals surface area contributed by atoms with Gasteiger partial charge in [-0.3, -0.25) is 9.97 Å². The number of hydrogen-bond acceptors (Lipinski definition) is 12. The van der Waals surface area contributed by atoms with Crippen LogP contribution in [0.4, 0.5) is 5.13 Å². The van der Waals surface area contributed by atoms with E-state index in [9.17, 15) is 10.2 Å². The fourth-order valence-corrected chi connectivity index (χ4v) is 6.08. The van der Waals surface area contributed by atoms with Gasteiger partial charge >= 0.3 is 0 Å². The molecular formula is C22H22ClN7O4S2. The monoisotopic (exact) mass is 547 g/mol. The third kappa shape index (κ3) is 4.95. The third-order valence-corrected chi connectivity index (χ3v) is 7.72. The van der Waals surface area contributed by atoms with Crippen LogP contribution in [-0.4, -0.2) is 77.6 Å². The topological polar surface area (TPSA) is 154 Å². The second-order valence-corrected chi connectivity index (χ2v) is 10.4. The van der Waals surface area contributed by atoms with E-state index in [2.05, 4.69) is 25.3 Å². The minimum Gasteiger partial charge on any atom is -0.394 e. The zero-order valence-corrected chi connectivity index (χ0v) is 21.3. The summed E-state index contributed by atoms with van der Waals surface area (Å²) >= 11 is 8.88. The van der Waals surface area contributed by atoms with Gasteiger partial charge in [-0.1, -0.05) is 34.6 Å². The third-order valence-electron chi connectivity index (χ3n) is 5.67. The number of hydrogen-bond donors (Lipinski definition) is 3. The molecule has 4 aromatic rings. The predicted molar refractivity (Wildman–Crippen MR) is 135 cm³/mol. The Morgan fingerprint density at radius 2 is 2.14 bits per heavy atom. The molecule has 0 bridgehead atoms. The first-order valence-electron chi connectivity index (χ1n) is 10.8. The fourth-order valence-electron chi connectivity index (χ4n) is 3.98. The largest absolute Gasteiger partial charge is 0.394 e. The van der Waals surface area contributed by atoms with Crippen molar-refractivity contribution in [1.29, 1.82) is 0 Å². The first-order chi connectivity index (χ1) is 17.5. The van der Waals surface area contributed by atoms with Crippen LogP contribution in [0.2, 0.25) is 5.02 Å². The van der Waals surface area contributed by atoms with Crippen molar-refractivity contribution >= 4 is 39.8 Å². The molecule has 14 heteroatoms. The van der Waals surface area contributed by atoms with E-state index in [-0.39, 0.29) is 0 Å². The number of halogens is 1. The molecule has 0 spiro atoms. The van der Waals surface area contributed by atoms with Crippen molar-refractivity contribution in [2.24, 2.45) is 0 Å². The number of aromatic nitrogens is 6. The van der Waals surface area contributed by atoms with Gasteiger partial charge in [0.15, 0.2) is 5.13 Å². The highest BCUT2D eigenvalue weighted by Gasteiger charge is 2.47. The van der Waals surface area contributed by atoms with Crippen LogP contribution < -0.4 is 5.73 Å². The summed E-state index contributed by atoms with van der Waals surface area (Å²) < 4.78 is 13.4. The molecule has 188 valence electrons. The lowest BCUT2D eigenvalue weighted by Crippen LogP contribution is -2.55. The number of pyridine rings is 2. The van der Waals surface area contributed by atoms with E-state index in [0.717, 1.165) is 0 Å². The van der Waals surface area contributed by atoms with Gasteiger partial charge in [0.25, 0.3) is 0 Å². The molecule has 1 aliphatic rings. The van der Waals surface area contributed by atoms with E-state index in [4.69, 9.17) is 26.8 Å². The van der Waals surface area contributed by atoms with Crippen LogP contribution in [0, 0.1) is 0 Å². The van der Waals surface area contributed by atoms with Crippen LogP contribution >= 0.6 is 34.7 Å². The van der Waals surface area contributed by atoms with Crippen molar-refractivity contribution in [1.82, 2.24) is 29.9 Å². The average molecular weight is 548 g/mol. The Morgan fingerprint density at radius 3 is 2.83 bits per heavy atom. The zero-order valence-electron chi connectivity index (χ0n) is 18.9. The van der Waals surface area contributed by atoms with E-state index >= 15 is 0 Å². The van der Waals surface area contributed by atoms with E-state index < -0.39 is 36.4 Å². The highest BCUT2D eigenvalue weighted by Crippen LogP contribution is 2.42. The Labute approximate surface area is 219 Å². The predicted octanol–water partition coefficient (Wildman–Crippen LogP) is 2.52. The lowest BCUT2D eigenvalue weighted by molar-refractivity contribution is -0.186. The Morgan fingerprint density at radius 1 is 1.28 bits per heavy atom. The molecule has 0 aliphatic carbocycles. The van der Waals surface area contributed by atoms with Gasteiger partial charge in [0, 0.05) is 29.8 Å². The Bertz CT molecular complexity index is 1320. The van der Waals surface area contributed by atoms with Crippen molar-refractivity contribution in [3.05, 3.63) is 53.3 Å². The number of methoxy groups -OCH3 is 1. The van der Waals surface area contributed by atoms with Gasteiger partial charge in [-0.15, -0.1) is 16.4 Å². The number of ether oxygens (including phenoxy) is 2. The number of thioether (sulfide) groups is 1. The molecule has 0 saturated carbocycles. The fraction of sp³-hybridized carbons (Fsp3) is 0.318. The van der Waals surface area contributed by atoms with Gasteiger partial charge in [0.2, 0.25) is 0 Å². The maximum absolute atomic E-state index is 11.1. The maximum atomic E-state index is 11.1. The SMILES string of the molecule is CO[C@@H]1[C@@H](n2cc(-c3csc(N)n3)nn2)[C@@H](O)[C@@H](CO)O[C@@H]1Sc1cc(Cl)cnc1-c1ccccn1. The van der Waals surface area contributed by atoms with Gasteiger partial charge in [-0.2, -0.15) is 0 Å². The number of aliphatic hydroxyl groups excluding tert-OH is 2. The molecule has 0 amide bonds. The molecule has 11 nitrogen and oxygen atoms in total. The molecule has 5 rings (SSSR count). The van der Waals surface area contributed by atoms with E-state index in [1.165, 1.54) is 34.9 Å². The molecule has 4 N–H and O–H groups in total. The van der Waals surface area contributed by atoms with Crippen LogP contribution in [0.25, 0.3) is 22.8 Å². The van der Waals surface area contributed by atoms with Crippen molar-refractivity contribution in [3.8, 4) is 22.8 Å². The maximum Gasteiger partial charge on any atom is 0.180 e. The summed E-state index contributed by atoms with van der Waals surface area (Å²) in [5.41, 5.74) is 7.45. The van der Waals surface area contributed by atoms with Crippen LogP contribution in [0.5, 0.6) is 0 Å². The molecule has 5 heterocycles. The second kappa shape index (κ2) is 10.8. The quantitative estimate of drug-likeness (QED) is 0.312. The molecule has 4 aromatic heterocycles. The summed E-state index contributed by atoms with van der Waals surface area (Å²) in [6.07, 6.45) is 2.19. The molecule has 1 fully saturated rings. The van der Waals surface area contributed by atoms with Crippen molar-refractivity contribution in [2.75, 3.05) is 19.5 Å². The van der Waals surface area contributed by atoms with Gasteiger partial charge in [-0.25, -0.2) is 9.67 Å².